The molecular formula is C30H50N2O4S. The van der Waals surface area contributed by atoms with Gasteiger partial charge in [0.1, 0.15) is 11.5 Å². The lowest BCUT2D eigenvalue weighted by molar-refractivity contribution is -0.120. The largest absolute Gasteiger partial charge is 0.497 e. The quantitative estimate of drug-likeness (QED) is 0.330. The number of nitrogens with zero attached hydrogens (tertiary/aromatic N) is 2. The summed E-state index contributed by atoms with van der Waals surface area (Å²) in [6, 6.07) is 4.17. The molecule has 7 heteroatoms. The summed E-state index contributed by atoms with van der Waals surface area (Å²) in [5.74, 6) is 2.99. The van der Waals surface area contributed by atoms with E-state index < -0.39 is 10.0 Å². The number of aryl methyl sites for hydroxylation is 2. The van der Waals surface area contributed by atoms with Crippen molar-refractivity contribution in [1.29, 1.82) is 0 Å². The first-order chi connectivity index (χ1) is 17.5. The van der Waals surface area contributed by atoms with E-state index in [1.807, 2.05) is 0 Å². The molecule has 1 aromatic rings. The Balaban J connectivity index is 1.41. The zero-order valence-corrected chi connectivity index (χ0v) is 24.9. The summed E-state index contributed by atoms with van der Waals surface area (Å²) >= 11 is 0. The summed E-state index contributed by atoms with van der Waals surface area (Å²) in [5.41, 5.74) is 1.32. The second kappa shape index (κ2) is 13.6. The van der Waals surface area contributed by atoms with Crippen LogP contribution in [0.4, 0.5) is 0 Å². The molecule has 1 saturated heterocycles. The fourth-order valence-corrected chi connectivity index (χ4v) is 7.88. The van der Waals surface area contributed by atoms with E-state index in [-0.39, 0.29) is 18.7 Å². The Morgan fingerprint density at radius 1 is 1.03 bits per heavy atom. The molecule has 0 N–H and O–H groups in total. The van der Waals surface area contributed by atoms with Gasteiger partial charge in [-0.15, -0.1) is 0 Å². The van der Waals surface area contributed by atoms with Crippen molar-refractivity contribution in [3.63, 3.8) is 0 Å². The summed E-state index contributed by atoms with van der Waals surface area (Å²) in [7, 11) is -0.520. The highest BCUT2D eigenvalue weighted by atomic mass is 32.2. The number of piperidine rings is 1. The van der Waals surface area contributed by atoms with Gasteiger partial charge in [0.05, 0.1) is 12.0 Å². The van der Waals surface area contributed by atoms with Gasteiger partial charge in [0, 0.05) is 32.5 Å². The number of benzene rings is 1. The first-order valence-electron chi connectivity index (χ1n) is 14.4. The van der Waals surface area contributed by atoms with E-state index in [2.05, 4.69) is 18.7 Å². The van der Waals surface area contributed by atoms with Crippen LogP contribution in [0.25, 0.3) is 0 Å². The third-order valence-corrected chi connectivity index (χ3v) is 10.9. The second-order valence-corrected chi connectivity index (χ2v) is 14.0. The van der Waals surface area contributed by atoms with Gasteiger partial charge >= 0.3 is 0 Å². The van der Waals surface area contributed by atoms with Gasteiger partial charge in [0.2, 0.25) is 10.0 Å². The minimum absolute atomic E-state index is 0.180. The van der Waals surface area contributed by atoms with Gasteiger partial charge in [-0.25, -0.2) is 12.7 Å². The molecule has 0 radical (unpaired) electrons. The topological polar surface area (TPSA) is 66.9 Å². The summed E-state index contributed by atoms with van der Waals surface area (Å²) in [5, 5.41) is 0. The maximum Gasteiger partial charge on any atom is 0.243 e. The van der Waals surface area contributed by atoms with Crippen molar-refractivity contribution in [2.45, 2.75) is 103 Å². The molecule has 0 unspecified atom stereocenters. The minimum atomic E-state index is -3.67. The lowest BCUT2D eigenvalue weighted by Crippen LogP contribution is -2.43. The van der Waals surface area contributed by atoms with Crippen molar-refractivity contribution in [2.75, 3.05) is 33.8 Å². The number of hydrogen-bond acceptors (Lipinski definition) is 5. The molecule has 3 rings (SSSR count). The van der Waals surface area contributed by atoms with Gasteiger partial charge in [-0.1, -0.05) is 26.7 Å². The predicted octanol–water partition coefficient (Wildman–Crippen LogP) is 5.99. The van der Waals surface area contributed by atoms with Crippen molar-refractivity contribution in [3.8, 4) is 5.75 Å². The van der Waals surface area contributed by atoms with Crippen LogP contribution in [0.5, 0.6) is 5.75 Å². The standard InChI is InChI=1S/C30H50N2O4S/c1-22(2)7-8-25-13-17-32(18-14-25)27-11-9-26(10-12-27)21-28(33)15-16-31(5)37(34,35)30-23(3)19-29(36-6)20-24(30)4/h19-20,22,25-27H,7-18,21H2,1-6H3. The molecule has 37 heavy (non-hydrogen) atoms. The van der Waals surface area contributed by atoms with Crippen LogP contribution in [-0.2, 0) is 14.8 Å². The van der Waals surface area contributed by atoms with E-state index in [4.69, 9.17) is 4.74 Å². The zero-order chi connectivity index (χ0) is 27.2. The van der Waals surface area contributed by atoms with Gasteiger partial charge in [0.25, 0.3) is 0 Å². The van der Waals surface area contributed by atoms with Crippen LogP contribution in [0.1, 0.15) is 89.2 Å². The van der Waals surface area contributed by atoms with Gasteiger partial charge < -0.3 is 9.64 Å². The van der Waals surface area contributed by atoms with Crippen molar-refractivity contribution in [1.82, 2.24) is 9.21 Å². The maximum atomic E-state index is 13.2. The van der Waals surface area contributed by atoms with Gasteiger partial charge in [0.15, 0.2) is 0 Å². The predicted molar refractivity (Wildman–Crippen MR) is 151 cm³/mol. The van der Waals surface area contributed by atoms with E-state index >= 15 is 0 Å². The SMILES string of the molecule is COc1cc(C)c(S(=O)(=O)N(C)CCC(=O)CC2CCC(N3CCC(CCC(C)C)CC3)CC2)c(C)c1. The number of Topliss-reactive ketones (excluding diaryl/α,β-unsaturated/α-hetero) is 1. The summed E-state index contributed by atoms with van der Waals surface area (Å²) < 4.78 is 33.0. The fourth-order valence-electron chi connectivity index (χ4n) is 6.31. The molecule has 6 nitrogen and oxygen atoms in total. The average Bonchev–Trinajstić information content (AvgIpc) is 2.86. The van der Waals surface area contributed by atoms with Crippen LogP contribution in [0.3, 0.4) is 0 Å². The molecule has 0 aromatic heterocycles. The normalized spacial score (nSPS) is 22.1. The third-order valence-electron chi connectivity index (χ3n) is 8.69. The Morgan fingerprint density at radius 2 is 1.62 bits per heavy atom. The summed E-state index contributed by atoms with van der Waals surface area (Å²) in [6.07, 6.45) is 10.9. The van der Waals surface area contributed by atoms with Gasteiger partial charge in [-0.05, 0) is 106 Å². The Kier molecular flexibility index (Phi) is 11.0. The molecule has 1 aliphatic carbocycles. The Bertz CT molecular complexity index is 968. The molecule has 1 heterocycles. The number of carbonyl (C=O) groups excluding carboxylic acids is 1. The number of hydrogen-bond donors (Lipinski definition) is 0. The van der Waals surface area contributed by atoms with Crippen LogP contribution in [0, 0.1) is 31.6 Å². The number of ether oxygens (including phenoxy) is 1. The molecule has 1 aliphatic heterocycles. The van der Waals surface area contributed by atoms with Crippen LogP contribution in [0.2, 0.25) is 0 Å². The van der Waals surface area contributed by atoms with Crippen LogP contribution in [-0.4, -0.2) is 63.2 Å². The molecule has 0 atom stereocenters. The van der Waals surface area contributed by atoms with Crippen molar-refractivity contribution >= 4 is 15.8 Å². The number of carbonyl (C=O) groups is 1. The van der Waals surface area contributed by atoms with E-state index in [0.717, 1.165) is 24.7 Å². The monoisotopic (exact) mass is 534 g/mol. The van der Waals surface area contributed by atoms with Crippen LogP contribution in [0.15, 0.2) is 17.0 Å². The number of ketones is 1. The Labute approximate surface area is 226 Å². The third kappa shape index (κ3) is 8.27. The van der Waals surface area contributed by atoms with Gasteiger partial charge in [-0.3, -0.25) is 4.79 Å². The van der Waals surface area contributed by atoms with Crippen molar-refractivity contribution < 1.29 is 17.9 Å². The first-order valence-corrected chi connectivity index (χ1v) is 15.8. The van der Waals surface area contributed by atoms with Gasteiger partial charge in [-0.2, -0.15) is 0 Å². The molecule has 210 valence electrons. The highest BCUT2D eigenvalue weighted by Gasteiger charge is 2.30. The lowest BCUT2D eigenvalue weighted by Gasteiger charge is -2.41. The van der Waals surface area contributed by atoms with Crippen molar-refractivity contribution in [2.24, 2.45) is 17.8 Å². The smallest absolute Gasteiger partial charge is 0.243 e. The van der Waals surface area contributed by atoms with Crippen LogP contribution < -0.4 is 4.74 Å². The van der Waals surface area contributed by atoms with E-state index in [1.165, 1.54) is 55.9 Å². The van der Waals surface area contributed by atoms with Crippen LogP contribution >= 0.6 is 0 Å². The molecule has 0 bridgehead atoms. The minimum Gasteiger partial charge on any atom is -0.497 e. The van der Waals surface area contributed by atoms with E-state index in [9.17, 15) is 13.2 Å². The van der Waals surface area contributed by atoms with E-state index in [1.54, 1.807) is 40.1 Å². The molecule has 0 amide bonds. The highest BCUT2D eigenvalue weighted by Crippen LogP contribution is 2.33. The Morgan fingerprint density at radius 3 is 2.16 bits per heavy atom. The molecule has 1 aromatic carbocycles. The second-order valence-electron chi connectivity index (χ2n) is 12.0. The molecule has 1 saturated carbocycles. The number of methoxy groups -OCH3 is 1. The first kappa shape index (κ1) is 30.1. The number of likely N-dealkylation sites (tertiary alicyclic amines) is 1. The zero-order valence-electron chi connectivity index (χ0n) is 24.1. The highest BCUT2D eigenvalue weighted by molar-refractivity contribution is 7.89. The average molecular weight is 535 g/mol. The lowest BCUT2D eigenvalue weighted by atomic mass is 9.81. The summed E-state index contributed by atoms with van der Waals surface area (Å²) in [4.78, 5) is 15.8. The number of sulfonamides is 1. The summed E-state index contributed by atoms with van der Waals surface area (Å²) in [6.45, 7) is 10.9. The molecule has 2 aliphatic rings. The van der Waals surface area contributed by atoms with E-state index in [0.29, 0.717) is 40.2 Å². The molecule has 0 spiro atoms. The van der Waals surface area contributed by atoms with Crippen molar-refractivity contribution in [3.05, 3.63) is 23.3 Å². The molecular weight excluding hydrogens is 484 g/mol. The maximum absolute atomic E-state index is 13.2. The Hall–Kier alpha value is -1.44. The fraction of sp³-hybridized carbons (Fsp3) is 0.767. The molecule has 2 fully saturated rings. The number of rotatable bonds is 12.